The molecule has 0 aliphatic carbocycles. The number of nitrogens with one attached hydrogen (secondary N) is 1. The van der Waals surface area contributed by atoms with Gasteiger partial charge in [-0.3, -0.25) is 4.79 Å². The van der Waals surface area contributed by atoms with Gasteiger partial charge in [0.05, 0.1) is 19.8 Å². The van der Waals surface area contributed by atoms with Crippen molar-refractivity contribution in [3.8, 4) is 28.7 Å². The van der Waals surface area contributed by atoms with Crippen LogP contribution >= 0.6 is 0 Å². The zero-order valence-corrected chi connectivity index (χ0v) is 20.6. The molecule has 4 aromatic rings. The van der Waals surface area contributed by atoms with Gasteiger partial charge < -0.3 is 23.9 Å². The first-order valence-corrected chi connectivity index (χ1v) is 12.0. The van der Waals surface area contributed by atoms with Gasteiger partial charge in [0.1, 0.15) is 6.04 Å². The Morgan fingerprint density at radius 3 is 2.00 bits per heavy atom. The summed E-state index contributed by atoms with van der Waals surface area (Å²) in [6, 6.07) is 21.6. The van der Waals surface area contributed by atoms with Crippen LogP contribution in [0.4, 0.5) is 0 Å². The minimum absolute atomic E-state index is 0.273. The lowest BCUT2D eigenvalue weighted by Gasteiger charge is -2.19. The highest BCUT2D eigenvalue weighted by molar-refractivity contribution is 5.96. The molecule has 0 bridgehead atoms. The van der Waals surface area contributed by atoms with E-state index >= 15 is 0 Å². The van der Waals surface area contributed by atoms with Gasteiger partial charge in [-0.05, 0) is 50.6 Å². The van der Waals surface area contributed by atoms with Gasteiger partial charge in [-0.15, -0.1) is 10.2 Å². The van der Waals surface area contributed by atoms with Crippen LogP contribution in [0.1, 0.15) is 48.6 Å². The quantitative estimate of drug-likeness (QED) is 0.300. The summed E-state index contributed by atoms with van der Waals surface area (Å²) >= 11 is 0. The minimum Gasteiger partial charge on any atom is -0.490 e. The number of ether oxygens (including phenoxy) is 3. The predicted molar refractivity (Wildman–Crippen MR) is 135 cm³/mol. The van der Waals surface area contributed by atoms with Crippen LogP contribution in [0.15, 0.2) is 77.2 Å². The van der Waals surface area contributed by atoms with Crippen molar-refractivity contribution in [1.82, 2.24) is 15.5 Å². The number of hydrogen-bond acceptors (Lipinski definition) is 7. The van der Waals surface area contributed by atoms with Crippen molar-refractivity contribution in [1.29, 1.82) is 0 Å². The molecular formula is C28H29N3O5. The lowest BCUT2D eigenvalue weighted by molar-refractivity contribution is 0.0937. The van der Waals surface area contributed by atoms with E-state index in [0.29, 0.717) is 48.5 Å². The SMILES string of the molecule is CCOc1cc(C(=O)NC(c2ccccc2)c2nnc(-c3ccccc3)o2)cc(OCC)c1OCC. The highest BCUT2D eigenvalue weighted by atomic mass is 16.5. The molecule has 0 spiro atoms. The molecule has 8 nitrogen and oxygen atoms in total. The molecule has 0 saturated carbocycles. The van der Waals surface area contributed by atoms with Crippen molar-refractivity contribution >= 4 is 5.91 Å². The first-order chi connectivity index (χ1) is 17.6. The zero-order chi connectivity index (χ0) is 25.3. The maximum atomic E-state index is 13.5. The fraction of sp³-hybridized carbons (Fsp3) is 0.250. The number of rotatable bonds is 11. The summed E-state index contributed by atoms with van der Waals surface area (Å²) in [5, 5.41) is 11.5. The van der Waals surface area contributed by atoms with E-state index in [-0.39, 0.29) is 11.8 Å². The van der Waals surface area contributed by atoms with Crippen LogP contribution in [-0.4, -0.2) is 35.9 Å². The molecule has 1 atom stereocenters. The maximum Gasteiger partial charge on any atom is 0.252 e. The first-order valence-electron chi connectivity index (χ1n) is 12.0. The molecule has 0 aliphatic rings. The fourth-order valence-corrected chi connectivity index (χ4v) is 3.72. The van der Waals surface area contributed by atoms with Gasteiger partial charge in [0.25, 0.3) is 5.91 Å². The molecule has 0 fully saturated rings. The normalized spacial score (nSPS) is 11.5. The van der Waals surface area contributed by atoms with E-state index in [1.165, 1.54) is 0 Å². The van der Waals surface area contributed by atoms with Crippen LogP contribution in [0.3, 0.4) is 0 Å². The number of amides is 1. The van der Waals surface area contributed by atoms with Crippen LogP contribution in [0.25, 0.3) is 11.5 Å². The monoisotopic (exact) mass is 487 g/mol. The van der Waals surface area contributed by atoms with Crippen molar-refractivity contribution in [2.24, 2.45) is 0 Å². The molecule has 186 valence electrons. The maximum absolute atomic E-state index is 13.5. The molecule has 1 heterocycles. The second kappa shape index (κ2) is 11.9. The molecule has 1 N–H and O–H groups in total. The fourth-order valence-electron chi connectivity index (χ4n) is 3.72. The van der Waals surface area contributed by atoms with Gasteiger partial charge in [-0.2, -0.15) is 0 Å². The Bertz CT molecular complexity index is 1250. The second-order valence-corrected chi connectivity index (χ2v) is 7.73. The molecule has 0 aliphatic heterocycles. The number of carbonyl (C=O) groups is 1. The van der Waals surface area contributed by atoms with Gasteiger partial charge in [-0.25, -0.2) is 0 Å². The Labute approximate surface area is 210 Å². The third-order valence-electron chi connectivity index (χ3n) is 5.29. The van der Waals surface area contributed by atoms with E-state index < -0.39 is 6.04 Å². The molecule has 1 aromatic heterocycles. The third-order valence-corrected chi connectivity index (χ3v) is 5.29. The third kappa shape index (κ3) is 5.66. The summed E-state index contributed by atoms with van der Waals surface area (Å²) < 4.78 is 23.3. The van der Waals surface area contributed by atoms with Gasteiger partial charge in [-0.1, -0.05) is 48.5 Å². The number of aromatic nitrogens is 2. The second-order valence-electron chi connectivity index (χ2n) is 7.73. The van der Waals surface area contributed by atoms with Gasteiger partial charge in [0.2, 0.25) is 17.5 Å². The van der Waals surface area contributed by atoms with E-state index in [1.807, 2.05) is 81.4 Å². The first kappa shape index (κ1) is 24.8. The Morgan fingerprint density at radius 2 is 1.42 bits per heavy atom. The molecule has 0 radical (unpaired) electrons. The standard InChI is InChI=1S/C28H29N3O5/c1-4-33-22-17-21(18-23(34-5-2)25(22)35-6-3)26(32)29-24(19-13-9-7-10-14-19)28-31-30-27(36-28)20-15-11-8-12-16-20/h7-18,24H,4-6H2,1-3H3,(H,29,32). The average Bonchev–Trinajstić information content (AvgIpc) is 3.40. The van der Waals surface area contributed by atoms with E-state index in [0.717, 1.165) is 11.1 Å². The smallest absolute Gasteiger partial charge is 0.252 e. The molecule has 0 saturated heterocycles. The number of nitrogens with zero attached hydrogens (tertiary/aromatic N) is 2. The van der Waals surface area contributed by atoms with Crippen molar-refractivity contribution < 1.29 is 23.4 Å². The molecule has 36 heavy (non-hydrogen) atoms. The molecule has 4 rings (SSSR count). The van der Waals surface area contributed by atoms with Crippen molar-refractivity contribution in [3.05, 3.63) is 89.8 Å². The van der Waals surface area contributed by atoms with Crippen LogP contribution in [-0.2, 0) is 0 Å². The summed E-state index contributed by atoms with van der Waals surface area (Å²) in [4.78, 5) is 13.5. The summed E-state index contributed by atoms with van der Waals surface area (Å²) in [5.74, 6) is 1.65. The highest BCUT2D eigenvalue weighted by Gasteiger charge is 2.26. The lowest BCUT2D eigenvalue weighted by atomic mass is 10.1. The summed E-state index contributed by atoms with van der Waals surface area (Å²) in [7, 11) is 0. The van der Waals surface area contributed by atoms with Gasteiger partial charge in [0, 0.05) is 11.1 Å². The topological polar surface area (TPSA) is 95.7 Å². The molecule has 8 heteroatoms. The summed E-state index contributed by atoms with van der Waals surface area (Å²) in [5.41, 5.74) is 1.95. The summed E-state index contributed by atoms with van der Waals surface area (Å²) in [6.07, 6.45) is 0. The van der Waals surface area contributed by atoms with Crippen LogP contribution in [0, 0.1) is 0 Å². The molecule has 3 aromatic carbocycles. The van der Waals surface area contributed by atoms with Gasteiger partial charge in [0.15, 0.2) is 11.5 Å². The van der Waals surface area contributed by atoms with Crippen LogP contribution in [0.5, 0.6) is 17.2 Å². The Morgan fingerprint density at radius 1 is 0.833 bits per heavy atom. The Kier molecular flexibility index (Phi) is 8.18. The van der Waals surface area contributed by atoms with Crippen molar-refractivity contribution in [3.63, 3.8) is 0 Å². The van der Waals surface area contributed by atoms with Crippen molar-refractivity contribution in [2.75, 3.05) is 19.8 Å². The number of hydrogen-bond donors (Lipinski definition) is 1. The lowest BCUT2D eigenvalue weighted by Crippen LogP contribution is -2.29. The largest absolute Gasteiger partial charge is 0.490 e. The Hall–Kier alpha value is -4.33. The number of carbonyl (C=O) groups excluding carboxylic acids is 1. The van der Waals surface area contributed by atoms with Crippen LogP contribution in [0.2, 0.25) is 0 Å². The zero-order valence-electron chi connectivity index (χ0n) is 20.6. The summed E-state index contributed by atoms with van der Waals surface area (Å²) in [6.45, 7) is 6.87. The van der Waals surface area contributed by atoms with E-state index in [9.17, 15) is 4.79 Å². The van der Waals surface area contributed by atoms with Crippen LogP contribution < -0.4 is 19.5 Å². The minimum atomic E-state index is -0.665. The van der Waals surface area contributed by atoms with E-state index in [4.69, 9.17) is 18.6 Å². The van der Waals surface area contributed by atoms with Crippen molar-refractivity contribution in [2.45, 2.75) is 26.8 Å². The van der Waals surface area contributed by atoms with E-state index in [2.05, 4.69) is 15.5 Å². The highest BCUT2D eigenvalue weighted by Crippen LogP contribution is 2.39. The van der Waals surface area contributed by atoms with E-state index in [1.54, 1.807) is 12.1 Å². The molecule has 1 amide bonds. The number of benzene rings is 3. The average molecular weight is 488 g/mol. The van der Waals surface area contributed by atoms with Gasteiger partial charge >= 0.3 is 0 Å². The molecule has 1 unspecified atom stereocenters. The Balaban J connectivity index is 1.69. The molecular weight excluding hydrogens is 458 g/mol. The predicted octanol–water partition coefficient (Wildman–Crippen LogP) is 5.45.